The van der Waals surface area contributed by atoms with Crippen LogP contribution in [0, 0.1) is 0 Å². The third kappa shape index (κ3) is 2.95. The van der Waals surface area contributed by atoms with Gasteiger partial charge in [0, 0.05) is 19.4 Å². The number of nitrogens with zero attached hydrogens (tertiary/aromatic N) is 1. The number of ether oxygens (including phenoxy) is 2. The van der Waals surface area contributed by atoms with Gasteiger partial charge in [-0.05, 0) is 6.42 Å². The zero-order chi connectivity index (χ0) is 12.3. The second-order valence-electron chi connectivity index (χ2n) is 4.42. The Morgan fingerprint density at radius 2 is 1.94 bits per heavy atom. The highest BCUT2D eigenvalue weighted by Crippen LogP contribution is 2.30. The minimum atomic E-state index is -0.946. The van der Waals surface area contributed by atoms with Crippen LogP contribution in [0.2, 0.25) is 0 Å². The summed E-state index contributed by atoms with van der Waals surface area (Å²) in [5, 5.41) is 8.55. The van der Waals surface area contributed by atoms with Gasteiger partial charge in [-0.1, -0.05) is 0 Å². The van der Waals surface area contributed by atoms with E-state index in [9.17, 15) is 9.59 Å². The van der Waals surface area contributed by atoms with Crippen molar-refractivity contribution in [2.24, 2.45) is 0 Å². The molecule has 0 radical (unpaired) electrons. The van der Waals surface area contributed by atoms with E-state index in [4.69, 9.17) is 14.6 Å². The lowest BCUT2D eigenvalue weighted by atomic mass is 10.0. The molecular formula is C11H17NO5. The second-order valence-corrected chi connectivity index (χ2v) is 4.42. The summed E-state index contributed by atoms with van der Waals surface area (Å²) >= 11 is 0. The van der Waals surface area contributed by atoms with Gasteiger partial charge < -0.3 is 19.5 Å². The number of aliphatic carboxylic acids is 1. The maximum Gasteiger partial charge on any atom is 0.303 e. The Morgan fingerprint density at radius 3 is 2.59 bits per heavy atom. The quantitative estimate of drug-likeness (QED) is 0.767. The van der Waals surface area contributed by atoms with Crippen LogP contribution in [0.4, 0.5) is 0 Å². The lowest BCUT2D eigenvalue weighted by Gasteiger charge is -2.38. The standard InChI is InChI=1S/C11H17NO5/c13-9(2-3-10(14)15)12-5-1-4-11(8-12)16-6-7-17-11/h1-8H2,(H,14,15). The number of carboxylic acids is 1. The van der Waals surface area contributed by atoms with Gasteiger partial charge in [0.05, 0.1) is 26.2 Å². The van der Waals surface area contributed by atoms with Gasteiger partial charge in [-0.15, -0.1) is 0 Å². The van der Waals surface area contributed by atoms with Gasteiger partial charge in [0.25, 0.3) is 0 Å². The van der Waals surface area contributed by atoms with Gasteiger partial charge in [-0.25, -0.2) is 0 Å². The second kappa shape index (κ2) is 5.01. The molecule has 17 heavy (non-hydrogen) atoms. The zero-order valence-corrected chi connectivity index (χ0v) is 9.68. The Labute approximate surface area is 99.5 Å². The van der Waals surface area contributed by atoms with E-state index < -0.39 is 11.8 Å². The fourth-order valence-electron chi connectivity index (χ4n) is 2.31. The normalized spacial score (nSPS) is 22.9. The minimum absolute atomic E-state index is 0.0470. The smallest absolute Gasteiger partial charge is 0.303 e. The highest BCUT2D eigenvalue weighted by Gasteiger charge is 2.41. The van der Waals surface area contributed by atoms with Gasteiger partial charge in [0.1, 0.15) is 0 Å². The maximum absolute atomic E-state index is 11.8. The lowest BCUT2D eigenvalue weighted by Crippen LogP contribution is -2.51. The fourth-order valence-corrected chi connectivity index (χ4v) is 2.31. The summed E-state index contributed by atoms with van der Waals surface area (Å²) in [6.45, 7) is 2.21. The monoisotopic (exact) mass is 243 g/mol. The average molecular weight is 243 g/mol. The average Bonchev–Trinajstić information content (AvgIpc) is 2.74. The molecule has 6 heteroatoms. The summed E-state index contributed by atoms with van der Waals surface area (Å²) in [7, 11) is 0. The van der Waals surface area contributed by atoms with E-state index in [-0.39, 0.29) is 18.7 Å². The summed E-state index contributed by atoms with van der Waals surface area (Å²) < 4.78 is 11.1. The largest absolute Gasteiger partial charge is 0.481 e. The highest BCUT2D eigenvalue weighted by molar-refractivity contribution is 5.80. The van der Waals surface area contributed by atoms with Crippen LogP contribution < -0.4 is 0 Å². The molecule has 0 aromatic heterocycles. The molecule has 0 aliphatic carbocycles. The van der Waals surface area contributed by atoms with Crippen LogP contribution >= 0.6 is 0 Å². The number of amides is 1. The Balaban J connectivity index is 1.88. The third-order valence-electron chi connectivity index (χ3n) is 3.14. The van der Waals surface area contributed by atoms with Crippen LogP contribution in [0.15, 0.2) is 0 Å². The van der Waals surface area contributed by atoms with E-state index in [1.165, 1.54) is 0 Å². The van der Waals surface area contributed by atoms with E-state index in [0.717, 1.165) is 12.8 Å². The summed E-state index contributed by atoms with van der Waals surface area (Å²) in [6, 6.07) is 0. The number of piperidine rings is 1. The molecule has 6 nitrogen and oxygen atoms in total. The molecule has 2 heterocycles. The van der Waals surface area contributed by atoms with Crippen molar-refractivity contribution in [1.29, 1.82) is 0 Å². The highest BCUT2D eigenvalue weighted by atomic mass is 16.7. The number of hydrogen-bond donors (Lipinski definition) is 1. The topological polar surface area (TPSA) is 76.1 Å². The first-order valence-corrected chi connectivity index (χ1v) is 5.89. The predicted molar refractivity (Wildman–Crippen MR) is 57.3 cm³/mol. The molecule has 96 valence electrons. The maximum atomic E-state index is 11.8. The predicted octanol–water partition coefficient (Wildman–Crippen LogP) is 0.217. The van der Waals surface area contributed by atoms with Crippen LogP contribution in [-0.4, -0.2) is 54.0 Å². The molecule has 2 aliphatic heterocycles. The first-order valence-electron chi connectivity index (χ1n) is 5.89. The molecule has 2 rings (SSSR count). The molecular weight excluding hydrogens is 226 g/mol. The van der Waals surface area contributed by atoms with E-state index in [0.29, 0.717) is 26.3 Å². The van der Waals surface area contributed by atoms with Crippen molar-refractivity contribution < 1.29 is 24.2 Å². The SMILES string of the molecule is O=C(O)CCC(=O)N1CCCC2(C1)OCCO2. The summed E-state index contributed by atoms with van der Waals surface area (Å²) in [4.78, 5) is 23.9. The molecule has 1 spiro atoms. The van der Waals surface area contributed by atoms with Crippen molar-refractivity contribution in [3.05, 3.63) is 0 Å². The number of likely N-dealkylation sites (tertiary alicyclic amines) is 1. The van der Waals surface area contributed by atoms with Gasteiger partial charge in [-0.3, -0.25) is 9.59 Å². The van der Waals surface area contributed by atoms with Crippen molar-refractivity contribution >= 4 is 11.9 Å². The fraction of sp³-hybridized carbons (Fsp3) is 0.818. The Hall–Kier alpha value is -1.14. The zero-order valence-electron chi connectivity index (χ0n) is 9.68. The van der Waals surface area contributed by atoms with Gasteiger partial charge >= 0.3 is 5.97 Å². The minimum Gasteiger partial charge on any atom is -0.481 e. The molecule has 0 aromatic rings. The molecule has 0 bridgehead atoms. The van der Waals surface area contributed by atoms with Crippen LogP contribution in [-0.2, 0) is 19.1 Å². The molecule has 0 aromatic carbocycles. The number of carbonyl (C=O) groups is 2. The van der Waals surface area contributed by atoms with Gasteiger partial charge in [0.2, 0.25) is 5.91 Å². The lowest BCUT2D eigenvalue weighted by molar-refractivity contribution is -0.193. The third-order valence-corrected chi connectivity index (χ3v) is 3.14. The number of hydrogen-bond acceptors (Lipinski definition) is 4. The van der Waals surface area contributed by atoms with E-state index in [1.807, 2.05) is 0 Å². The van der Waals surface area contributed by atoms with E-state index >= 15 is 0 Å². The molecule has 2 saturated heterocycles. The van der Waals surface area contributed by atoms with Crippen molar-refractivity contribution in [2.75, 3.05) is 26.3 Å². The number of rotatable bonds is 3. The van der Waals surface area contributed by atoms with Crippen LogP contribution in [0.5, 0.6) is 0 Å². The van der Waals surface area contributed by atoms with E-state index in [1.54, 1.807) is 4.90 Å². The number of carbonyl (C=O) groups excluding carboxylic acids is 1. The molecule has 0 unspecified atom stereocenters. The van der Waals surface area contributed by atoms with Gasteiger partial charge in [0.15, 0.2) is 5.79 Å². The van der Waals surface area contributed by atoms with Crippen molar-refractivity contribution in [1.82, 2.24) is 4.90 Å². The van der Waals surface area contributed by atoms with E-state index in [2.05, 4.69) is 0 Å². The van der Waals surface area contributed by atoms with Crippen LogP contribution in [0.3, 0.4) is 0 Å². The van der Waals surface area contributed by atoms with Gasteiger partial charge in [-0.2, -0.15) is 0 Å². The van der Waals surface area contributed by atoms with Crippen molar-refractivity contribution in [2.45, 2.75) is 31.5 Å². The molecule has 0 atom stereocenters. The Bertz CT molecular complexity index is 311. The first kappa shape index (κ1) is 12.3. The molecule has 2 fully saturated rings. The summed E-state index contributed by atoms with van der Waals surface area (Å²) in [6.07, 6.45) is 1.56. The Kier molecular flexibility index (Phi) is 3.63. The van der Waals surface area contributed by atoms with Crippen LogP contribution in [0.25, 0.3) is 0 Å². The van der Waals surface area contributed by atoms with Crippen molar-refractivity contribution in [3.63, 3.8) is 0 Å². The molecule has 0 saturated carbocycles. The first-order chi connectivity index (χ1) is 8.11. The molecule has 2 aliphatic rings. The molecule has 1 N–H and O–H groups in total. The molecule has 1 amide bonds. The summed E-state index contributed by atoms with van der Waals surface area (Å²) in [5.74, 6) is -1.71. The van der Waals surface area contributed by atoms with Crippen molar-refractivity contribution in [3.8, 4) is 0 Å². The summed E-state index contributed by atoms with van der Waals surface area (Å²) in [5.41, 5.74) is 0. The number of carboxylic acid groups (broad SMARTS) is 1. The Morgan fingerprint density at radius 1 is 1.24 bits per heavy atom. The van der Waals surface area contributed by atoms with Crippen LogP contribution in [0.1, 0.15) is 25.7 Å².